The van der Waals surface area contributed by atoms with E-state index in [-0.39, 0.29) is 5.78 Å². The fourth-order valence-corrected chi connectivity index (χ4v) is 3.39. The first-order valence-electron chi connectivity index (χ1n) is 4.46. The number of hydrogen-bond donors (Lipinski definition) is 0. The second-order valence-corrected chi connectivity index (χ2v) is 7.23. The van der Waals surface area contributed by atoms with Gasteiger partial charge in [-0.05, 0) is 52.6 Å². The van der Waals surface area contributed by atoms with Crippen molar-refractivity contribution in [2.45, 2.75) is 13.3 Å². The zero-order valence-electron chi connectivity index (χ0n) is 8.12. The van der Waals surface area contributed by atoms with Crippen LogP contribution in [0.5, 0.6) is 0 Å². The Morgan fingerprint density at radius 2 is 2.13 bits per heavy atom. The third kappa shape index (κ3) is 2.89. The summed E-state index contributed by atoms with van der Waals surface area (Å²) in [5, 5.41) is 3.99. The normalized spacial score (nSPS) is 10.5. The molecule has 2 rings (SSSR count). The molecule has 0 aliphatic heterocycles. The number of carbonyl (C=O) groups is 1. The van der Waals surface area contributed by atoms with E-state index in [0.717, 1.165) is 14.0 Å². The molecule has 0 N–H and O–H groups in total. The summed E-state index contributed by atoms with van der Waals surface area (Å²) in [4.78, 5) is 13.1. The van der Waals surface area contributed by atoms with Crippen molar-refractivity contribution in [2.24, 2.45) is 0 Å². The van der Waals surface area contributed by atoms with Gasteiger partial charge in [0, 0.05) is 22.2 Å². The standard InChI is InChI=1S/C11H9IOS2/c1-7-2-8(5-14-7)3-10(13)9-4-11(12)15-6-9/h2,4-6H,3H2,1H3. The van der Waals surface area contributed by atoms with Crippen LogP contribution in [0.25, 0.3) is 0 Å². The van der Waals surface area contributed by atoms with Gasteiger partial charge in [-0.3, -0.25) is 4.79 Å². The molecule has 1 nitrogen and oxygen atoms in total. The molecule has 0 atom stereocenters. The van der Waals surface area contributed by atoms with Crippen LogP contribution < -0.4 is 0 Å². The zero-order chi connectivity index (χ0) is 10.8. The topological polar surface area (TPSA) is 17.1 Å². The fraction of sp³-hybridized carbons (Fsp3) is 0.182. The molecule has 0 bridgehead atoms. The van der Waals surface area contributed by atoms with Crippen LogP contribution in [0.15, 0.2) is 22.9 Å². The number of thiophene rings is 2. The molecule has 0 spiro atoms. The van der Waals surface area contributed by atoms with E-state index in [4.69, 9.17) is 0 Å². The number of carbonyl (C=O) groups excluding carboxylic acids is 1. The van der Waals surface area contributed by atoms with E-state index in [0.29, 0.717) is 6.42 Å². The molecule has 78 valence electrons. The highest BCUT2D eigenvalue weighted by molar-refractivity contribution is 14.1. The van der Waals surface area contributed by atoms with Crippen LogP contribution in [0.3, 0.4) is 0 Å². The van der Waals surface area contributed by atoms with Crippen LogP contribution in [0.2, 0.25) is 0 Å². The average Bonchev–Trinajstić information content (AvgIpc) is 2.75. The van der Waals surface area contributed by atoms with Crippen molar-refractivity contribution in [2.75, 3.05) is 0 Å². The fourth-order valence-electron chi connectivity index (χ4n) is 1.33. The van der Waals surface area contributed by atoms with Gasteiger partial charge in [0.1, 0.15) is 0 Å². The maximum Gasteiger partial charge on any atom is 0.168 e. The molecule has 2 heterocycles. The van der Waals surface area contributed by atoms with Crippen molar-refractivity contribution in [3.8, 4) is 0 Å². The van der Waals surface area contributed by atoms with Gasteiger partial charge in [-0.15, -0.1) is 22.7 Å². The van der Waals surface area contributed by atoms with Gasteiger partial charge in [0.25, 0.3) is 0 Å². The van der Waals surface area contributed by atoms with E-state index in [9.17, 15) is 4.79 Å². The van der Waals surface area contributed by atoms with E-state index < -0.39 is 0 Å². The lowest BCUT2D eigenvalue weighted by atomic mass is 10.1. The summed E-state index contributed by atoms with van der Waals surface area (Å²) < 4.78 is 1.16. The zero-order valence-corrected chi connectivity index (χ0v) is 11.9. The Bertz CT molecular complexity index is 484. The van der Waals surface area contributed by atoms with Gasteiger partial charge in [0.15, 0.2) is 5.78 Å². The van der Waals surface area contributed by atoms with Gasteiger partial charge < -0.3 is 0 Å². The minimum Gasteiger partial charge on any atom is -0.294 e. The van der Waals surface area contributed by atoms with Gasteiger partial charge in [-0.2, -0.15) is 0 Å². The van der Waals surface area contributed by atoms with Crippen molar-refractivity contribution in [1.29, 1.82) is 0 Å². The third-order valence-corrected chi connectivity index (χ3v) is 4.74. The maximum atomic E-state index is 11.8. The Hall–Kier alpha value is -0.200. The molecule has 2 aromatic heterocycles. The van der Waals surface area contributed by atoms with Crippen LogP contribution in [-0.2, 0) is 6.42 Å². The second kappa shape index (κ2) is 4.76. The molecule has 2 aromatic rings. The van der Waals surface area contributed by atoms with E-state index >= 15 is 0 Å². The molecule has 0 aliphatic carbocycles. The summed E-state index contributed by atoms with van der Waals surface area (Å²) in [5.41, 5.74) is 1.97. The number of rotatable bonds is 3. The van der Waals surface area contributed by atoms with Gasteiger partial charge in [-0.25, -0.2) is 0 Å². The summed E-state index contributed by atoms with van der Waals surface area (Å²) in [6.07, 6.45) is 0.525. The Morgan fingerprint density at radius 3 is 2.67 bits per heavy atom. The number of aryl methyl sites for hydroxylation is 1. The van der Waals surface area contributed by atoms with Crippen LogP contribution in [-0.4, -0.2) is 5.78 Å². The first kappa shape index (κ1) is 11.3. The van der Waals surface area contributed by atoms with Gasteiger partial charge in [0.05, 0.1) is 2.88 Å². The predicted octanol–water partition coefficient (Wildman–Crippen LogP) is 4.15. The number of hydrogen-bond acceptors (Lipinski definition) is 3. The Labute approximate surface area is 110 Å². The Balaban J connectivity index is 2.10. The van der Waals surface area contributed by atoms with Gasteiger partial charge in [0.2, 0.25) is 0 Å². The number of halogens is 1. The van der Waals surface area contributed by atoms with Crippen LogP contribution in [0.4, 0.5) is 0 Å². The molecule has 0 aliphatic rings. The molecular formula is C11H9IOS2. The van der Waals surface area contributed by atoms with E-state index in [1.807, 2.05) is 11.4 Å². The molecule has 15 heavy (non-hydrogen) atoms. The lowest BCUT2D eigenvalue weighted by Gasteiger charge is -1.94. The molecule has 0 fully saturated rings. The summed E-state index contributed by atoms with van der Waals surface area (Å²) >= 11 is 5.55. The highest BCUT2D eigenvalue weighted by Crippen LogP contribution is 2.20. The number of ketones is 1. The molecule has 0 amide bonds. The molecule has 0 unspecified atom stereocenters. The molecule has 0 aromatic carbocycles. The third-order valence-electron chi connectivity index (χ3n) is 2.04. The molecule has 4 heteroatoms. The van der Waals surface area contributed by atoms with E-state index in [1.54, 1.807) is 22.7 Å². The maximum absolute atomic E-state index is 11.8. The summed E-state index contributed by atoms with van der Waals surface area (Å²) in [6, 6.07) is 4.03. The largest absolute Gasteiger partial charge is 0.294 e. The summed E-state index contributed by atoms with van der Waals surface area (Å²) in [5.74, 6) is 0.215. The Kier molecular flexibility index (Phi) is 3.58. The number of Topliss-reactive ketones (excluding diaryl/α,β-unsaturated/α-hetero) is 1. The lowest BCUT2D eigenvalue weighted by molar-refractivity contribution is 0.0993. The van der Waals surface area contributed by atoms with Crippen LogP contribution in [0.1, 0.15) is 20.8 Å². The second-order valence-electron chi connectivity index (χ2n) is 3.31. The first-order chi connectivity index (χ1) is 7.15. The smallest absolute Gasteiger partial charge is 0.168 e. The van der Waals surface area contributed by atoms with Crippen molar-refractivity contribution in [3.05, 3.63) is 41.8 Å². The van der Waals surface area contributed by atoms with Gasteiger partial charge in [-0.1, -0.05) is 0 Å². The predicted molar refractivity (Wildman–Crippen MR) is 74.1 cm³/mol. The van der Waals surface area contributed by atoms with Crippen LogP contribution in [0, 0.1) is 9.81 Å². The first-order valence-corrected chi connectivity index (χ1v) is 7.30. The lowest BCUT2D eigenvalue weighted by Crippen LogP contribution is -2.00. The van der Waals surface area contributed by atoms with Crippen molar-refractivity contribution in [3.63, 3.8) is 0 Å². The molecule has 0 saturated heterocycles. The van der Waals surface area contributed by atoms with Gasteiger partial charge >= 0.3 is 0 Å². The minimum absolute atomic E-state index is 0.215. The summed E-state index contributed by atoms with van der Waals surface area (Å²) in [7, 11) is 0. The SMILES string of the molecule is Cc1cc(CC(=O)c2csc(I)c2)cs1. The molecule has 0 radical (unpaired) electrons. The van der Waals surface area contributed by atoms with E-state index in [1.165, 1.54) is 4.88 Å². The van der Waals surface area contributed by atoms with Crippen molar-refractivity contribution >= 4 is 51.0 Å². The minimum atomic E-state index is 0.215. The Morgan fingerprint density at radius 1 is 1.33 bits per heavy atom. The highest BCUT2D eigenvalue weighted by Gasteiger charge is 2.09. The van der Waals surface area contributed by atoms with Crippen molar-refractivity contribution in [1.82, 2.24) is 0 Å². The van der Waals surface area contributed by atoms with Crippen LogP contribution >= 0.6 is 45.3 Å². The van der Waals surface area contributed by atoms with Crippen molar-refractivity contribution < 1.29 is 4.79 Å². The average molecular weight is 348 g/mol. The summed E-state index contributed by atoms with van der Waals surface area (Å²) in [6.45, 7) is 2.06. The quantitative estimate of drug-likeness (QED) is 0.602. The highest BCUT2D eigenvalue weighted by atomic mass is 127. The molecular weight excluding hydrogens is 339 g/mol. The van der Waals surface area contributed by atoms with E-state index in [2.05, 4.69) is 41.0 Å². The molecule has 0 saturated carbocycles. The monoisotopic (exact) mass is 348 g/mol.